The molecule has 0 unspecified atom stereocenters. The summed E-state index contributed by atoms with van der Waals surface area (Å²) in [5.41, 5.74) is 5.62. The summed E-state index contributed by atoms with van der Waals surface area (Å²) in [6.07, 6.45) is 7.37. The van der Waals surface area contributed by atoms with Gasteiger partial charge in [-0.3, -0.25) is 14.5 Å². The SMILES string of the molecule is CN(C(=O)CN1CCN(C(=O)[C@@H]2CC[C@H](CN)O2)CC1)C1CCCCC1. The molecular weight excluding hydrogens is 332 g/mol. The van der Waals surface area contributed by atoms with Crippen LogP contribution in [0, 0.1) is 0 Å². The topological polar surface area (TPSA) is 79.1 Å². The van der Waals surface area contributed by atoms with Gasteiger partial charge in [-0.25, -0.2) is 0 Å². The number of hydrogen-bond donors (Lipinski definition) is 1. The van der Waals surface area contributed by atoms with Gasteiger partial charge in [-0.1, -0.05) is 19.3 Å². The number of carbonyl (C=O) groups is 2. The number of amides is 2. The van der Waals surface area contributed by atoms with Gasteiger partial charge in [0.25, 0.3) is 5.91 Å². The number of piperazine rings is 1. The standard InChI is InChI=1S/C19H34N4O3/c1-21(15-5-3-2-4-6-15)18(24)14-22-9-11-23(12-10-22)19(25)17-8-7-16(13-20)26-17/h15-17H,2-14,20H2,1H3/t16-,17+/m1/s1. The molecule has 2 atom stereocenters. The molecule has 2 heterocycles. The normalized spacial score (nSPS) is 28.3. The van der Waals surface area contributed by atoms with E-state index in [4.69, 9.17) is 10.5 Å². The molecule has 0 radical (unpaired) electrons. The predicted octanol–water partition coefficient (Wildman–Crippen LogP) is 0.428. The van der Waals surface area contributed by atoms with Crippen LogP contribution in [-0.4, -0.2) is 91.1 Å². The molecule has 0 aromatic heterocycles. The second-order valence-corrected chi connectivity index (χ2v) is 7.96. The third-order valence-corrected chi connectivity index (χ3v) is 6.20. The van der Waals surface area contributed by atoms with Crippen molar-refractivity contribution in [3.8, 4) is 0 Å². The fourth-order valence-electron chi connectivity index (χ4n) is 4.37. The Morgan fingerprint density at radius 1 is 1.04 bits per heavy atom. The molecule has 0 bridgehead atoms. The molecule has 148 valence electrons. The zero-order valence-electron chi connectivity index (χ0n) is 16.1. The number of likely N-dealkylation sites (N-methyl/N-ethyl adjacent to an activating group) is 1. The molecule has 2 amide bonds. The van der Waals surface area contributed by atoms with E-state index in [1.54, 1.807) is 0 Å². The third-order valence-electron chi connectivity index (χ3n) is 6.20. The third kappa shape index (κ3) is 4.75. The van der Waals surface area contributed by atoms with Crippen molar-refractivity contribution in [2.24, 2.45) is 5.73 Å². The first-order chi connectivity index (χ1) is 12.6. The monoisotopic (exact) mass is 366 g/mol. The van der Waals surface area contributed by atoms with Crippen molar-refractivity contribution in [3.63, 3.8) is 0 Å². The van der Waals surface area contributed by atoms with Gasteiger partial charge in [-0.15, -0.1) is 0 Å². The van der Waals surface area contributed by atoms with Crippen LogP contribution >= 0.6 is 0 Å². The first kappa shape index (κ1) is 19.6. The maximum atomic E-state index is 12.6. The van der Waals surface area contributed by atoms with Crippen molar-refractivity contribution in [1.82, 2.24) is 14.7 Å². The van der Waals surface area contributed by atoms with Gasteiger partial charge in [0.15, 0.2) is 0 Å². The Hall–Kier alpha value is -1.18. The van der Waals surface area contributed by atoms with Crippen molar-refractivity contribution in [3.05, 3.63) is 0 Å². The number of rotatable bonds is 5. The first-order valence-electron chi connectivity index (χ1n) is 10.2. The summed E-state index contributed by atoms with van der Waals surface area (Å²) in [6.45, 7) is 3.79. The van der Waals surface area contributed by atoms with Crippen LogP contribution in [0.1, 0.15) is 44.9 Å². The largest absolute Gasteiger partial charge is 0.364 e. The van der Waals surface area contributed by atoms with Crippen LogP contribution in [0.15, 0.2) is 0 Å². The molecule has 0 aromatic carbocycles. The van der Waals surface area contributed by atoms with E-state index in [1.807, 2.05) is 16.8 Å². The fraction of sp³-hybridized carbons (Fsp3) is 0.895. The van der Waals surface area contributed by atoms with Crippen molar-refractivity contribution in [2.75, 3.05) is 46.3 Å². The highest BCUT2D eigenvalue weighted by molar-refractivity contribution is 5.81. The van der Waals surface area contributed by atoms with Crippen LogP contribution in [0.2, 0.25) is 0 Å². The second-order valence-electron chi connectivity index (χ2n) is 7.96. The van der Waals surface area contributed by atoms with E-state index >= 15 is 0 Å². The van der Waals surface area contributed by atoms with Crippen LogP contribution in [0.4, 0.5) is 0 Å². The molecule has 3 rings (SSSR count). The Balaban J connectivity index is 1.40. The summed E-state index contributed by atoms with van der Waals surface area (Å²) in [7, 11) is 1.95. The summed E-state index contributed by atoms with van der Waals surface area (Å²) >= 11 is 0. The molecule has 0 spiro atoms. The van der Waals surface area contributed by atoms with E-state index in [0.717, 1.165) is 38.8 Å². The van der Waals surface area contributed by atoms with Crippen LogP contribution in [0.3, 0.4) is 0 Å². The molecule has 1 saturated carbocycles. The lowest BCUT2D eigenvalue weighted by molar-refractivity contribution is -0.145. The van der Waals surface area contributed by atoms with E-state index in [0.29, 0.717) is 32.2 Å². The number of nitrogens with zero attached hydrogens (tertiary/aromatic N) is 3. The molecule has 0 aromatic rings. The highest BCUT2D eigenvalue weighted by atomic mass is 16.5. The predicted molar refractivity (Wildman–Crippen MR) is 99.6 cm³/mol. The number of carbonyl (C=O) groups excluding carboxylic acids is 2. The molecule has 3 aliphatic rings. The van der Waals surface area contributed by atoms with Gasteiger partial charge in [0.2, 0.25) is 5.91 Å². The molecule has 2 aliphatic heterocycles. The molecule has 7 heteroatoms. The van der Waals surface area contributed by atoms with Gasteiger partial charge in [0.1, 0.15) is 6.10 Å². The van der Waals surface area contributed by atoms with Gasteiger partial charge in [-0.2, -0.15) is 0 Å². The van der Waals surface area contributed by atoms with Crippen LogP contribution in [-0.2, 0) is 14.3 Å². The molecule has 2 saturated heterocycles. The zero-order valence-corrected chi connectivity index (χ0v) is 16.1. The summed E-state index contributed by atoms with van der Waals surface area (Å²) in [5.74, 6) is 0.299. The van der Waals surface area contributed by atoms with E-state index in [1.165, 1.54) is 19.3 Å². The molecule has 2 N–H and O–H groups in total. The molecular formula is C19H34N4O3. The number of ether oxygens (including phenoxy) is 1. The van der Waals surface area contributed by atoms with E-state index in [2.05, 4.69) is 4.90 Å². The highest BCUT2D eigenvalue weighted by Crippen LogP contribution is 2.23. The van der Waals surface area contributed by atoms with Gasteiger partial charge < -0.3 is 20.3 Å². The maximum absolute atomic E-state index is 12.6. The Morgan fingerprint density at radius 3 is 2.35 bits per heavy atom. The van der Waals surface area contributed by atoms with Crippen LogP contribution in [0.5, 0.6) is 0 Å². The number of nitrogens with two attached hydrogens (primary N) is 1. The zero-order chi connectivity index (χ0) is 18.5. The van der Waals surface area contributed by atoms with Gasteiger partial charge >= 0.3 is 0 Å². The average Bonchev–Trinajstić information content (AvgIpc) is 3.17. The molecule has 1 aliphatic carbocycles. The van der Waals surface area contributed by atoms with E-state index in [9.17, 15) is 9.59 Å². The lowest BCUT2D eigenvalue weighted by atomic mass is 9.94. The van der Waals surface area contributed by atoms with Crippen molar-refractivity contribution in [1.29, 1.82) is 0 Å². The summed E-state index contributed by atoms with van der Waals surface area (Å²) < 4.78 is 5.73. The lowest BCUT2D eigenvalue weighted by Crippen LogP contribution is -2.54. The minimum atomic E-state index is -0.325. The Kier molecular flexibility index (Phi) is 6.89. The minimum absolute atomic E-state index is 0.0261. The molecule has 7 nitrogen and oxygen atoms in total. The van der Waals surface area contributed by atoms with E-state index < -0.39 is 0 Å². The number of hydrogen-bond acceptors (Lipinski definition) is 5. The average molecular weight is 367 g/mol. The summed E-state index contributed by atoms with van der Waals surface area (Å²) in [4.78, 5) is 31.2. The first-order valence-corrected chi connectivity index (χ1v) is 10.2. The summed E-state index contributed by atoms with van der Waals surface area (Å²) in [5, 5.41) is 0. The van der Waals surface area contributed by atoms with Gasteiger partial charge in [0, 0.05) is 45.8 Å². The van der Waals surface area contributed by atoms with Gasteiger partial charge in [-0.05, 0) is 25.7 Å². The highest BCUT2D eigenvalue weighted by Gasteiger charge is 2.34. The van der Waals surface area contributed by atoms with Crippen LogP contribution < -0.4 is 5.73 Å². The fourth-order valence-corrected chi connectivity index (χ4v) is 4.37. The second kappa shape index (κ2) is 9.15. The Bertz CT molecular complexity index is 487. The van der Waals surface area contributed by atoms with Crippen molar-refractivity contribution < 1.29 is 14.3 Å². The van der Waals surface area contributed by atoms with Gasteiger partial charge in [0.05, 0.1) is 12.6 Å². The quantitative estimate of drug-likeness (QED) is 0.763. The molecule has 3 fully saturated rings. The Labute approximate surface area is 156 Å². The summed E-state index contributed by atoms with van der Waals surface area (Å²) in [6, 6.07) is 0.411. The van der Waals surface area contributed by atoms with Crippen molar-refractivity contribution in [2.45, 2.75) is 63.2 Å². The molecule has 26 heavy (non-hydrogen) atoms. The lowest BCUT2D eigenvalue weighted by Gasteiger charge is -2.37. The van der Waals surface area contributed by atoms with Crippen molar-refractivity contribution >= 4 is 11.8 Å². The minimum Gasteiger partial charge on any atom is -0.364 e. The smallest absolute Gasteiger partial charge is 0.251 e. The van der Waals surface area contributed by atoms with Crippen LogP contribution in [0.25, 0.3) is 0 Å². The Morgan fingerprint density at radius 2 is 1.73 bits per heavy atom. The van der Waals surface area contributed by atoms with E-state index in [-0.39, 0.29) is 24.0 Å². The maximum Gasteiger partial charge on any atom is 0.251 e.